The van der Waals surface area contributed by atoms with Crippen LogP contribution in [0.1, 0.15) is 34.6 Å². The van der Waals surface area contributed by atoms with Crippen LogP contribution in [0.3, 0.4) is 0 Å². The molecule has 1 unspecified atom stereocenters. The second kappa shape index (κ2) is 7.34. The summed E-state index contributed by atoms with van der Waals surface area (Å²) in [5.74, 6) is 0.156. The summed E-state index contributed by atoms with van der Waals surface area (Å²) in [4.78, 5) is 17.4. The molecular weight excluding hydrogens is 378 g/mol. The molecule has 1 aliphatic heterocycles. The number of likely N-dealkylation sites (N-methyl/N-ethyl adjacent to an activating group) is 1. The van der Waals surface area contributed by atoms with E-state index in [4.69, 9.17) is 0 Å². The van der Waals surface area contributed by atoms with Crippen molar-refractivity contribution in [3.8, 4) is 5.69 Å². The van der Waals surface area contributed by atoms with Gasteiger partial charge in [-0.05, 0) is 71.1 Å². The zero-order chi connectivity index (χ0) is 18.1. The van der Waals surface area contributed by atoms with Gasteiger partial charge in [0.2, 0.25) is 0 Å². The highest BCUT2D eigenvalue weighted by molar-refractivity contribution is 9.10. The van der Waals surface area contributed by atoms with Crippen LogP contribution in [0.5, 0.6) is 0 Å². The van der Waals surface area contributed by atoms with Crippen molar-refractivity contribution in [3.63, 3.8) is 0 Å². The molecule has 0 aliphatic carbocycles. The fourth-order valence-electron chi connectivity index (χ4n) is 3.70. The maximum absolute atomic E-state index is 13.1. The molecular formula is C20H26BrN3O. The van der Waals surface area contributed by atoms with Gasteiger partial charge in [-0.3, -0.25) is 4.79 Å². The van der Waals surface area contributed by atoms with E-state index in [0.29, 0.717) is 6.04 Å². The van der Waals surface area contributed by atoms with Crippen LogP contribution in [0.2, 0.25) is 0 Å². The van der Waals surface area contributed by atoms with Gasteiger partial charge in [0, 0.05) is 40.7 Å². The van der Waals surface area contributed by atoms with E-state index in [1.165, 1.54) is 0 Å². The number of carbonyl (C=O) groups excluding carboxylic acids is 1. The molecule has 1 aromatic heterocycles. The van der Waals surface area contributed by atoms with E-state index in [1.54, 1.807) is 0 Å². The van der Waals surface area contributed by atoms with Crippen LogP contribution in [0.25, 0.3) is 5.69 Å². The van der Waals surface area contributed by atoms with E-state index in [2.05, 4.69) is 58.5 Å². The fourth-order valence-corrected chi connectivity index (χ4v) is 3.96. The van der Waals surface area contributed by atoms with Gasteiger partial charge in [0.25, 0.3) is 5.91 Å². The van der Waals surface area contributed by atoms with Crippen LogP contribution in [0.4, 0.5) is 0 Å². The van der Waals surface area contributed by atoms with Crippen molar-refractivity contribution in [2.75, 3.05) is 27.2 Å². The monoisotopic (exact) mass is 403 g/mol. The number of hydrogen-bond donors (Lipinski definition) is 0. The molecule has 1 aliphatic rings. The Morgan fingerprint density at radius 1 is 1.20 bits per heavy atom. The zero-order valence-corrected chi connectivity index (χ0v) is 17.0. The second-order valence-electron chi connectivity index (χ2n) is 7.11. The Labute approximate surface area is 158 Å². The minimum atomic E-state index is 0.156. The zero-order valence-electron chi connectivity index (χ0n) is 15.4. The van der Waals surface area contributed by atoms with Crippen molar-refractivity contribution in [1.82, 2.24) is 14.4 Å². The molecule has 1 atom stereocenters. The number of halogens is 1. The standard InChI is InChI=1S/C20H26BrN3O/c1-14-12-19(15(2)24(14)17-9-7-16(21)8-10-17)20(25)23-11-5-6-18(13-23)22(3)4/h7-10,12,18H,5-6,11,13H2,1-4H3. The van der Waals surface area contributed by atoms with Crippen LogP contribution >= 0.6 is 15.9 Å². The third-order valence-electron chi connectivity index (χ3n) is 5.16. The summed E-state index contributed by atoms with van der Waals surface area (Å²) in [5.41, 5.74) is 4.00. The highest BCUT2D eigenvalue weighted by Gasteiger charge is 2.27. The number of hydrogen-bond acceptors (Lipinski definition) is 2. The first-order valence-corrected chi connectivity index (χ1v) is 9.58. The normalized spacial score (nSPS) is 18.0. The van der Waals surface area contributed by atoms with Crippen molar-refractivity contribution in [1.29, 1.82) is 0 Å². The molecule has 0 bridgehead atoms. The number of aromatic nitrogens is 1. The Hall–Kier alpha value is -1.59. The number of aryl methyl sites for hydroxylation is 1. The van der Waals surface area contributed by atoms with Gasteiger partial charge in [0.05, 0.1) is 5.56 Å². The summed E-state index contributed by atoms with van der Waals surface area (Å²) in [5, 5.41) is 0. The Balaban J connectivity index is 1.89. The minimum Gasteiger partial charge on any atom is -0.337 e. The Morgan fingerprint density at radius 3 is 2.52 bits per heavy atom. The van der Waals surface area contributed by atoms with Gasteiger partial charge >= 0.3 is 0 Å². The van der Waals surface area contributed by atoms with E-state index >= 15 is 0 Å². The van der Waals surface area contributed by atoms with Gasteiger partial charge in [-0.2, -0.15) is 0 Å². The average molecular weight is 404 g/mol. The van der Waals surface area contributed by atoms with E-state index < -0.39 is 0 Å². The lowest BCUT2D eigenvalue weighted by Gasteiger charge is -2.36. The van der Waals surface area contributed by atoms with Crippen LogP contribution in [-0.2, 0) is 0 Å². The summed E-state index contributed by atoms with van der Waals surface area (Å²) in [6.45, 7) is 5.76. The fraction of sp³-hybridized carbons (Fsp3) is 0.450. The number of benzene rings is 1. The van der Waals surface area contributed by atoms with E-state index in [0.717, 1.165) is 53.0 Å². The SMILES string of the molecule is Cc1cc(C(=O)N2CCCC(N(C)C)C2)c(C)n1-c1ccc(Br)cc1. The Kier molecular flexibility index (Phi) is 5.35. The third-order valence-corrected chi connectivity index (χ3v) is 5.69. The van der Waals surface area contributed by atoms with Crippen molar-refractivity contribution in [2.24, 2.45) is 0 Å². The van der Waals surface area contributed by atoms with Crippen molar-refractivity contribution < 1.29 is 4.79 Å². The Bertz CT molecular complexity index is 764. The van der Waals surface area contributed by atoms with Crippen LogP contribution in [-0.4, -0.2) is 53.5 Å². The molecule has 134 valence electrons. The highest BCUT2D eigenvalue weighted by Crippen LogP contribution is 2.25. The number of rotatable bonds is 3. The lowest BCUT2D eigenvalue weighted by Crippen LogP contribution is -2.47. The second-order valence-corrected chi connectivity index (χ2v) is 8.02. The lowest BCUT2D eigenvalue weighted by molar-refractivity contribution is 0.0634. The molecule has 25 heavy (non-hydrogen) atoms. The molecule has 2 heterocycles. The molecule has 0 spiro atoms. The molecule has 1 amide bonds. The van der Waals surface area contributed by atoms with Gasteiger partial charge in [-0.1, -0.05) is 15.9 Å². The first-order chi connectivity index (χ1) is 11.9. The summed E-state index contributed by atoms with van der Waals surface area (Å²) in [6.07, 6.45) is 2.23. The molecule has 5 heteroatoms. The molecule has 3 rings (SSSR count). The van der Waals surface area contributed by atoms with Crippen LogP contribution < -0.4 is 0 Å². The minimum absolute atomic E-state index is 0.156. The summed E-state index contributed by atoms with van der Waals surface area (Å²) in [6, 6.07) is 10.7. The van der Waals surface area contributed by atoms with Crippen molar-refractivity contribution in [2.45, 2.75) is 32.7 Å². The van der Waals surface area contributed by atoms with Gasteiger partial charge in [0.15, 0.2) is 0 Å². The molecule has 1 fully saturated rings. The van der Waals surface area contributed by atoms with Crippen LogP contribution in [0.15, 0.2) is 34.8 Å². The smallest absolute Gasteiger partial charge is 0.255 e. The molecule has 4 nitrogen and oxygen atoms in total. The topological polar surface area (TPSA) is 28.5 Å². The number of piperidine rings is 1. The molecule has 1 aromatic carbocycles. The third kappa shape index (κ3) is 3.67. The van der Waals surface area contributed by atoms with E-state index in [9.17, 15) is 4.79 Å². The summed E-state index contributed by atoms with van der Waals surface area (Å²) in [7, 11) is 4.19. The first kappa shape index (κ1) is 18.2. The summed E-state index contributed by atoms with van der Waals surface area (Å²) >= 11 is 3.48. The number of amides is 1. The maximum atomic E-state index is 13.1. The first-order valence-electron chi connectivity index (χ1n) is 8.79. The Morgan fingerprint density at radius 2 is 1.88 bits per heavy atom. The predicted octanol–water partition coefficient (Wildman–Crippen LogP) is 4.02. The molecule has 0 N–H and O–H groups in total. The molecule has 2 aromatic rings. The van der Waals surface area contributed by atoms with E-state index in [1.807, 2.05) is 30.0 Å². The van der Waals surface area contributed by atoms with Crippen LogP contribution in [0, 0.1) is 13.8 Å². The van der Waals surface area contributed by atoms with Gasteiger partial charge in [-0.15, -0.1) is 0 Å². The van der Waals surface area contributed by atoms with E-state index in [-0.39, 0.29) is 5.91 Å². The number of carbonyl (C=O) groups is 1. The molecule has 0 radical (unpaired) electrons. The highest BCUT2D eigenvalue weighted by atomic mass is 79.9. The quantitative estimate of drug-likeness (QED) is 0.773. The number of nitrogens with zero attached hydrogens (tertiary/aromatic N) is 3. The molecule has 0 saturated carbocycles. The van der Waals surface area contributed by atoms with Gasteiger partial charge < -0.3 is 14.4 Å². The summed E-state index contributed by atoms with van der Waals surface area (Å²) < 4.78 is 3.21. The van der Waals surface area contributed by atoms with Crippen molar-refractivity contribution in [3.05, 3.63) is 51.8 Å². The number of likely N-dealkylation sites (tertiary alicyclic amines) is 1. The molecule has 1 saturated heterocycles. The largest absolute Gasteiger partial charge is 0.337 e. The van der Waals surface area contributed by atoms with Gasteiger partial charge in [-0.25, -0.2) is 0 Å². The average Bonchev–Trinajstić information content (AvgIpc) is 2.90. The lowest BCUT2D eigenvalue weighted by atomic mass is 10.0. The van der Waals surface area contributed by atoms with Gasteiger partial charge in [0.1, 0.15) is 0 Å². The maximum Gasteiger partial charge on any atom is 0.255 e. The van der Waals surface area contributed by atoms with Crippen molar-refractivity contribution >= 4 is 21.8 Å². The predicted molar refractivity (Wildman–Crippen MR) is 106 cm³/mol.